The van der Waals surface area contributed by atoms with E-state index in [-0.39, 0.29) is 29.8 Å². The van der Waals surface area contributed by atoms with Crippen LogP contribution in [0.5, 0.6) is 0 Å². The van der Waals surface area contributed by atoms with Gasteiger partial charge in [-0.25, -0.2) is 13.2 Å². The van der Waals surface area contributed by atoms with Crippen LogP contribution in [0, 0.1) is 5.82 Å². The third-order valence-corrected chi connectivity index (χ3v) is 4.26. The van der Waals surface area contributed by atoms with Gasteiger partial charge in [-0.1, -0.05) is 29.5 Å². The van der Waals surface area contributed by atoms with Crippen molar-refractivity contribution in [1.29, 1.82) is 0 Å². The van der Waals surface area contributed by atoms with E-state index in [0.29, 0.717) is 10.6 Å². The van der Waals surface area contributed by atoms with Crippen LogP contribution < -0.4 is 10.6 Å². The lowest BCUT2D eigenvalue weighted by molar-refractivity contribution is -0.118. The lowest BCUT2D eigenvalue weighted by Gasteiger charge is -2.08. The highest BCUT2D eigenvalue weighted by atomic mass is 35.5. The number of nitrogens with one attached hydrogen (secondary N) is 2. The van der Waals surface area contributed by atoms with E-state index in [0.717, 1.165) is 11.3 Å². The summed E-state index contributed by atoms with van der Waals surface area (Å²) in [6.45, 7) is -0.514. The Bertz CT molecular complexity index is 728. The number of halogens is 4. The molecule has 10 heteroatoms. The van der Waals surface area contributed by atoms with Crippen molar-refractivity contribution in [3.8, 4) is 0 Å². The maximum Gasteiger partial charge on any atom is 0.262 e. The second-order valence-corrected chi connectivity index (χ2v) is 6.31. The predicted molar refractivity (Wildman–Crippen MR) is 86.3 cm³/mol. The maximum absolute atomic E-state index is 13.6. The second kappa shape index (κ2) is 7.45. The molecule has 1 aromatic carbocycles. The standard InChI is InChI=1S/C14H13F3N4OS.ClH/c15-9-4-2-1-3-8(9)5-11-20-21-13(23-11)19-12(22)10-6-14(16,17)7-18-10;/h1-4,10,18H,5-7H2,(H,19,21,22);1H. The lowest BCUT2D eigenvalue weighted by Crippen LogP contribution is -2.35. The van der Waals surface area contributed by atoms with Crippen molar-refractivity contribution in [2.45, 2.75) is 24.8 Å². The quantitative estimate of drug-likeness (QED) is 0.858. The number of nitrogens with zero attached hydrogens (tertiary/aromatic N) is 2. The first-order valence-electron chi connectivity index (χ1n) is 6.91. The van der Waals surface area contributed by atoms with Gasteiger partial charge in [0.05, 0.1) is 12.6 Å². The SMILES string of the molecule is Cl.O=C(Nc1nnc(Cc2ccccc2F)s1)C1CC(F)(F)CN1. The van der Waals surface area contributed by atoms with Gasteiger partial charge in [0, 0.05) is 12.8 Å². The van der Waals surface area contributed by atoms with E-state index in [2.05, 4.69) is 20.8 Å². The minimum absolute atomic E-state index is 0. The van der Waals surface area contributed by atoms with Crippen LogP contribution in [0.2, 0.25) is 0 Å². The van der Waals surface area contributed by atoms with Crippen molar-refractivity contribution < 1.29 is 18.0 Å². The molecular weight excluding hydrogens is 365 g/mol. The van der Waals surface area contributed by atoms with E-state index in [1.807, 2.05) is 0 Å². The number of aromatic nitrogens is 2. The zero-order chi connectivity index (χ0) is 16.4. The number of anilines is 1. The normalized spacial score (nSPS) is 18.9. The second-order valence-electron chi connectivity index (χ2n) is 5.25. The van der Waals surface area contributed by atoms with E-state index in [1.165, 1.54) is 6.07 Å². The van der Waals surface area contributed by atoms with Gasteiger partial charge in [-0.2, -0.15) is 0 Å². The van der Waals surface area contributed by atoms with Crippen LogP contribution in [-0.2, 0) is 11.2 Å². The van der Waals surface area contributed by atoms with Crippen LogP contribution in [0.25, 0.3) is 0 Å². The minimum atomic E-state index is -2.88. The molecule has 2 aromatic rings. The summed E-state index contributed by atoms with van der Waals surface area (Å²) >= 11 is 1.09. The minimum Gasteiger partial charge on any atom is -0.300 e. The number of alkyl halides is 2. The summed E-state index contributed by atoms with van der Waals surface area (Å²) in [5.74, 6) is -3.79. The van der Waals surface area contributed by atoms with Crippen LogP contribution in [0.3, 0.4) is 0 Å². The Kier molecular flexibility index (Phi) is 5.79. The number of hydrogen-bond acceptors (Lipinski definition) is 5. The van der Waals surface area contributed by atoms with Crippen LogP contribution in [0.15, 0.2) is 24.3 Å². The molecule has 5 nitrogen and oxygen atoms in total. The van der Waals surface area contributed by atoms with E-state index < -0.39 is 30.8 Å². The van der Waals surface area contributed by atoms with E-state index in [4.69, 9.17) is 0 Å². The van der Waals surface area contributed by atoms with Gasteiger partial charge in [0.1, 0.15) is 10.8 Å². The number of hydrogen-bond donors (Lipinski definition) is 2. The molecule has 2 heterocycles. The van der Waals surface area contributed by atoms with E-state index in [9.17, 15) is 18.0 Å². The molecule has 1 atom stereocenters. The van der Waals surface area contributed by atoms with Crippen LogP contribution in [0.1, 0.15) is 17.0 Å². The molecule has 1 fully saturated rings. The van der Waals surface area contributed by atoms with Crippen molar-refractivity contribution in [3.05, 3.63) is 40.7 Å². The Morgan fingerprint density at radius 3 is 2.79 bits per heavy atom. The smallest absolute Gasteiger partial charge is 0.262 e. The summed E-state index contributed by atoms with van der Waals surface area (Å²) in [5.41, 5.74) is 0.471. The fourth-order valence-corrected chi connectivity index (χ4v) is 3.04. The van der Waals surface area contributed by atoms with Gasteiger partial charge in [0.25, 0.3) is 5.92 Å². The fraction of sp³-hybridized carbons (Fsp3) is 0.357. The van der Waals surface area contributed by atoms with Gasteiger partial charge < -0.3 is 0 Å². The Labute approximate surface area is 146 Å². The van der Waals surface area contributed by atoms with Gasteiger partial charge >= 0.3 is 0 Å². The van der Waals surface area contributed by atoms with Crippen molar-refractivity contribution >= 4 is 34.8 Å². The summed E-state index contributed by atoms with van der Waals surface area (Å²) in [6.07, 6.45) is -0.292. The molecule has 0 saturated carbocycles. The highest BCUT2D eigenvalue weighted by Gasteiger charge is 2.42. The maximum atomic E-state index is 13.6. The highest BCUT2D eigenvalue weighted by molar-refractivity contribution is 7.15. The summed E-state index contributed by atoms with van der Waals surface area (Å²) in [6, 6.07) is 5.34. The molecule has 1 unspecified atom stereocenters. The molecule has 1 aliphatic rings. The molecular formula is C14H14ClF3N4OS. The summed E-state index contributed by atoms with van der Waals surface area (Å²) in [4.78, 5) is 11.9. The number of amides is 1. The Balaban J connectivity index is 0.00000208. The molecule has 130 valence electrons. The molecule has 0 bridgehead atoms. The van der Waals surface area contributed by atoms with Gasteiger partial charge in [0.2, 0.25) is 11.0 Å². The average Bonchev–Trinajstić information content (AvgIpc) is 3.08. The van der Waals surface area contributed by atoms with Crippen molar-refractivity contribution in [3.63, 3.8) is 0 Å². The van der Waals surface area contributed by atoms with Crippen molar-refractivity contribution in [1.82, 2.24) is 15.5 Å². The summed E-state index contributed by atoms with van der Waals surface area (Å²) in [5, 5.41) is 13.3. The van der Waals surface area contributed by atoms with Crippen molar-refractivity contribution in [2.24, 2.45) is 0 Å². The molecule has 0 radical (unpaired) electrons. The summed E-state index contributed by atoms with van der Waals surface area (Å²) in [7, 11) is 0. The van der Waals surface area contributed by atoms with Crippen LogP contribution in [-0.4, -0.2) is 34.6 Å². The van der Waals surface area contributed by atoms with Crippen LogP contribution >= 0.6 is 23.7 Å². The number of benzene rings is 1. The first kappa shape index (κ1) is 18.6. The Morgan fingerprint density at radius 2 is 2.12 bits per heavy atom. The average molecular weight is 379 g/mol. The Morgan fingerprint density at radius 1 is 1.38 bits per heavy atom. The molecule has 0 spiro atoms. The molecule has 2 N–H and O–H groups in total. The highest BCUT2D eigenvalue weighted by Crippen LogP contribution is 2.26. The van der Waals surface area contributed by atoms with Gasteiger partial charge in [0.15, 0.2) is 0 Å². The van der Waals surface area contributed by atoms with Gasteiger partial charge in [-0.05, 0) is 11.6 Å². The Hall–Kier alpha value is -1.71. The molecule has 1 aliphatic heterocycles. The van der Waals surface area contributed by atoms with Gasteiger partial charge in [-0.15, -0.1) is 22.6 Å². The molecule has 1 saturated heterocycles. The zero-order valence-electron chi connectivity index (χ0n) is 12.3. The first-order valence-corrected chi connectivity index (χ1v) is 7.72. The number of carbonyl (C=O) groups excluding carboxylic acids is 1. The van der Waals surface area contributed by atoms with E-state index in [1.54, 1.807) is 18.2 Å². The van der Waals surface area contributed by atoms with Crippen LogP contribution in [0.4, 0.5) is 18.3 Å². The largest absolute Gasteiger partial charge is 0.300 e. The monoisotopic (exact) mass is 378 g/mol. The third kappa shape index (κ3) is 4.43. The molecule has 1 aromatic heterocycles. The van der Waals surface area contributed by atoms with Gasteiger partial charge in [-0.3, -0.25) is 15.4 Å². The number of carbonyl (C=O) groups is 1. The molecule has 3 rings (SSSR count). The third-order valence-electron chi connectivity index (χ3n) is 3.42. The topological polar surface area (TPSA) is 66.9 Å². The predicted octanol–water partition coefficient (Wildman–Crippen LogP) is 2.63. The van der Waals surface area contributed by atoms with Crippen molar-refractivity contribution in [2.75, 3.05) is 11.9 Å². The molecule has 1 amide bonds. The lowest BCUT2D eigenvalue weighted by atomic mass is 10.1. The number of rotatable bonds is 4. The molecule has 24 heavy (non-hydrogen) atoms. The molecule has 0 aliphatic carbocycles. The zero-order valence-corrected chi connectivity index (χ0v) is 13.9. The summed E-state index contributed by atoms with van der Waals surface area (Å²) < 4.78 is 39.7. The first-order chi connectivity index (χ1) is 10.9. The van der Waals surface area contributed by atoms with E-state index >= 15 is 0 Å². The fourth-order valence-electron chi connectivity index (χ4n) is 2.27.